The van der Waals surface area contributed by atoms with Crippen LogP contribution in [0.4, 0.5) is 0 Å². The average Bonchev–Trinajstić information content (AvgIpc) is 2.89. The van der Waals surface area contributed by atoms with Crippen LogP contribution < -0.4 is 4.74 Å². The molecule has 0 aromatic heterocycles. The van der Waals surface area contributed by atoms with Gasteiger partial charge in [-0.15, -0.1) is 0 Å². The lowest BCUT2D eigenvalue weighted by atomic mass is 10.0. The van der Waals surface area contributed by atoms with Crippen LogP contribution in [0.15, 0.2) is 18.2 Å². The summed E-state index contributed by atoms with van der Waals surface area (Å²) >= 11 is 4.30. The van der Waals surface area contributed by atoms with Crippen LogP contribution in [0.25, 0.3) is 0 Å². The van der Waals surface area contributed by atoms with Crippen molar-refractivity contribution in [2.45, 2.75) is 67.9 Å². The first-order chi connectivity index (χ1) is 17.0. The van der Waals surface area contributed by atoms with E-state index < -0.39 is 62.0 Å². The van der Waals surface area contributed by atoms with Gasteiger partial charge in [-0.2, -0.15) is 12.6 Å². The molecule has 0 saturated carbocycles. The van der Waals surface area contributed by atoms with Gasteiger partial charge in [-0.3, -0.25) is 4.90 Å². The fourth-order valence-electron chi connectivity index (χ4n) is 3.60. The molecule has 0 heterocycles. The van der Waals surface area contributed by atoms with Gasteiger partial charge in [-0.1, -0.05) is 13.0 Å². The number of hydrogen-bond acceptors (Lipinski definition) is 13. The zero-order valence-corrected chi connectivity index (χ0v) is 21.2. The van der Waals surface area contributed by atoms with Gasteiger partial charge in [-0.05, 0) is 29.7 Å². The van der Waals surface area contributed by atoms with Crippen LogP contribution in [0.1, 0.15) is 18.1 Å². The highest BCUT2D eigenvalue weighted by Gasteiger charge is 2.34. The Kier molecular flexibility index (Phi) is 15.3. The van der Waals surface area contributed by atoms with Crippen molar-refractivity contribution in [3.05, 3.63) is 29.3 Å². The molecule has 0 radical (unpaired) electrons. The van der Waals surface area contributed by atoms with Gasteiger partial charge in [0.25, 0.3) is 0 Å². The number of aliphatic hydroxyl groups is 10. The van der Waals surface area contributed by atoms with Crippen molar-refractivity contribution in [3.63, 3.8) is 0 Å². The quantitative estimate of drug-likeness (QED) is 0.0811. The van der Waals surface area contributed by atoms with Gasteiger partial charge < -0.3 is 55.8 Å². The molecule has 13 heteroatoms. The van der Waals surface area contributed by atoms with Crippen molar-refractivity contribution in [2.75, 3.05) is 39.5 Å². The number of thiol groups is 1. The molecule has 8 atom stereocenters. The molecule has 0 bridgehead atoms. The Morgan fingerprint density at radius 3 is 1.64 bits per heavy atom. The van der Waals surface area contributed by atoms with Gasteiger partial charge in [0.1, 0.15) is 49.0 Å². The summed E-state index contributed by atoms with van der Waals surface area (Å²) < 4.78 is 5.77. The van der Waals surface area contributed by atoms with Crippen LogP contribution in [0, 0.1) is 0 Å². The number of rotatable bonds is 18. The largest absolute Gasteiger partial charge is 0.492 e. The van der Waals surface area contributed by atoms with Gasteiger partial charge in [-0.25, -0.2) is 0 Å². The summed E-state index contributed by atoms with van der Waals surface area (Å²) in [6.45, 7) is -0.298. The number of benzene rings is 1. The SMILES string of the molecule is CCc1cc(OCCN(C[C@H](O)[C@@H](O)[C@H](O)[C@H](O)CO)C[C@H](O)[C@@H](O)[C@H](O)[C@H](O)CO)ccc1CS. The van der Waals surface area contributed by atoms with Crippen molar-refractivity contribution in [2.24, 2.45) is 0 Å². The highest BCUT2D eigenvalue weighted by atomic mass is 32.1. The van der Waals surface area contributed by atoms with Crippen molar-refractivity contribution in [3.8, 4) is 5.75 Å². The molecule has 12 nitrogen and oxygen atoms in total. The summed E-state index contributed by atoms with van der Waals surface area (Å²) in [6.07, 6.45) is -13.3. The predicted octanol–water partition coefficient (Wildman–Crippen LogP) is -3.77. The first kappa shape index (κ1) is 33.0. The molecule has 0 aliphatic rings. The van der Waals surface area contributed by atoms with Gasteiger partial charge in [0.05, 0.1) is 25.4 Å². The summed E-state index contributed by atoms with van der Waals surface area (Å²) in [4.78, 5) is 1.38. The Bertz CT molecular complexity index is 716. The van der Waals surface area contributed by atoms with Gasteiger partial charge in [0.2, 0.25) is 0 Å². The van der Waals surface area contributed by atoms with E-state index in [0.29, 0.717) is 11.5 Å². The van der Waals surface area contributed by atoms with Crippen LogP contribution in [-0.2, 0) is 12.2 Å². The number of aryl methyl sites for hydroxylation is 1. The lowest BCUT2D eigenvalue weighted by molar-refractivity contribution is -0.130. The second kappa shape index (κ2) is 16.7. The van der Waals surface area contributed by atoms with Gasteiger partial charge in [0, 0.05) is 25.4 Å². The van der Waals surface area contributed by atoms with E-state index in [2.05, 4.69) is 12.6 Å². The molecule has 0 aliphatic carbocycles. The van der Waals surface area contributed by atoms with Crippen LogP contribution in [0.3, 0.4) is 0 Å². The van der Waals surface area contributed by atoms with Crippen LogP contribution in [-0.4, -0.2) is 144 Å². The molecular formula is C23H41NO11S. The van der Waals surface area contributed by atoms with Crippen LogP contribution >= 0.6 is 12.6 Å². The maximum absolute atomic E-state index is 10.4. The van der Waals surface area contributed by atoms with Gasteiger partial charge >= 0.3 is 0 Å². The van der Waals surface area contributed by atoms with Crippen molar-refractivity contribution >= 4 is 12.6 Å². The Labute approximate surface area is 216 Å². The number of nitrogens with zero attached hydrogens (tertiary/aromatic N) is 1. The first-order valence-corrected chi connectivity index (χ1v) is 12.4. The molecule has 0 fully saturated rings. The van der Waals surface area contributed by atoms with E-state index in [1.54, 1.807) is 6.07 Å². The molecule has 0 unspecified atom stereocenters. The van der Waals surface area contributed by atoms with E-state index in [4.69, 9.17) is 14.9 Å². The normalized spacial score (nSPS) is 18.8. The summed E-state index contributed by atoms with van der Waals surface area (Å²) in [5, 5.41) is 97.7. The summed E-state index contributed by atoms with van der Waals surface area (Å²) in [6, 6.07) is 5.53. The van der Waals surface area contributed by atoms with Crippen molar-refractivity contribution in [1.29, 1.82) is 0 Å². The van der Waals surface area contributed by atoms with E-state index in [1.165, 1.54) is 4.90 Å². The van der Waals surface area contributed by atoms with Crippen LogP contribution in [0.2, 0.25) is 0 Å². The van der Waals surface area contributed by atoms with E-state index in [1.807, 2.05) is 19.1 Å². The standard InChI is InChI=1S/C23H41NO11S/c1-2-13-7-15(4-3-14(13)12-36)35-6-5-24(8-16(27)20(31)22(33)18(29)10-25)9-17(28)21(32)23(34)19(30)11-26/h3-4,7,16-23,25-34,36H,2,5-6,8-12H2,1H3/t16-,17-,18+,19+,20+,21+,22+,23+/m0/s1. The Morgan fingerprint density at radius 1 is 0.750 bits per heavy atom. The highest BCUT2D eigenvalue weighted by molar-refractivity contribution is 7.79. The molecule has 1 aromatic carbocycles. The summed E-state index contributed by atoms with van der Waals surface area (Å²) in [5.41, 5.74) is 2.13. The minimum atomic E-state index is -1.85. The third-order valence-corrected chi connectivity index (χ3v) is 6.29. The molecule has 10 N–H and O–H groups in total. The number of hydrogen-bond donors (Lipinski definition) is 11. The second-order valence-corrected chi connectivity index (χ2v) is 8.96. The minimum Gasteiger partial charge on any atom is -0.492 e. The van der Waals surface area contributed by atoms with Gasteiger partial charge in [0.15, 0.2) is 0 Å². The lowest BCUT2D eigenvalue weighted by Crippen LogP contribution is -2.53. The first-order valence-electron chi connectivity index (χ1n) is 11.7. The van der Waals surface area contributed by atoms with Crippen molar-refractivity contribution in [1.82, 2.24) is 4.90 Å². The fraction of sp³-hybridized carbons (Fsp3) is 0.739. The van der Waals surface area contributed by atoms with Crippen LogP contribution in [0.5, 0.6) is 5.75 Å². The maximum Gasteiger partial charge on any atom is 0.119 e. The Morgan fingerprint density at radius 2 is 1.22 bits per heavy atom. The van der Waals surface area contributed by atoms with Crippen molar-refractivity contribution < 1.29 is 55.8 Å². The number of aliphatic hydroxyl groups excluding tert-OH is 10. The zero-order valence-electron chi connectivity index (χ0n) is 20.3. The molecule has 1 aromatic rings. The molecule has 210 valence electrons. The molecule has 36 heavy (non-hydrogen) atoms. The molecule has 0 aliphatic heterocycles. The Balaban J connectivity index is 2.91. The number of ether oxygens (including phenoxy) is 1. The zero-order chi connectivity index (χ0) is 27.4. The van der Waals surface area contributed by atoms with E-state index in [0.717, 1.165) is 17.5 Å². The Hall–Kier alpha value is -1.07. The third-order valence-electron chi connectivity index (χ3n) is 5.95. The highest BCUT2D eigenvalue weighted by Crippen LogP contribution is 2.20. The smallest absolute Gasteiger partial charge is 0.119 e. The average molecular weight is 540 g/mol. The summed E-state index contributed by atoms with van der Waals surface area (Å²) in [5.74, 6) is 1.15. The minimum absolute atomic E-state index is 0.0542. The topological polar surface area (TPSA) is 215 Å². The lowest BCUT2D eigenvalue weighted by Gasteiger charge is -2.33. The predicted molar refractivity (Wildman–Crippen MR) is 133 cm³/mol. The maximum atomic E-state index is 10.4. The van der Waals surface area contributed by atoms with E-state index in [9.17, 15) is 40.9 Å². The molecule has 0 spiro atoms. The van der Waals surface area contributed by atoms with E-state index in [-0.39, 0.29) is 26.2 Å². The van der Waals surface area contributed by atoms with E-state index >= 15 is 0 Å². The molecular weight excluding hydrogens is 498 g/mol. The summed E-state index contributed by atoms with van der Waals surface area (Å²) in [7, 11) is 0. The molecule has 0 saturated heterocycles. The molecule has 1 rings (SSSR count). The third kappa shape index (κ3) is 10.0. The second-order valence-electron chi connectivity index (χ2n) is 8.65. The monoisotopic (exact) mass is 539 g/mol. The molecule has 0 amide bonds. The fourth-order valence-corrected chi connectivity index (χ4v) is 3.91.